The number of hydrogen-bond acceptors (Lipinski definition) is 6. The first-order valence-electron chi connectivity index (χ1n) is 11.9. The summed E-state index contributed by atoms with van der Waals surface area (Å²) in [6, 6.07) is 10.5. The summed E-state index contributed by atoms with van der Waals surface area (Å²) in [5.74, 6) is -0.109. The fourth-order valence-corrected chi connectivity index (χ4v) is 4.27. The van der Waals surface area contributed by atoms with Gasteiger partial charge in [0, 0.05) is 50.8 Å². The van der Waals surface area contributed by atoms with Crippen molar-refractivity contribution in [3.05, 3.63) is 53.8 Å². The number of ketones is 1. The minimum atomic E-state index is -0.447. The van der Waals surface area contributed by atoms with E-state index in [2.05, 4.69) is 11.8 Å². The van der Waals surface area contributed by atoms with Crippen molar-refractivity contribution in [2.45, 2.75) is 19.8 Å². The van der Waals surface area contributed by atoms with E-state index in [0.717, 1.165) is 32.7 Å². The van der Waals surface area contributed by atoms with Gasteiger partial charge in [0.15, 0.2) is 19.0 Å². The average Bonchev–Trinajstić information content (AvgIpc) is 2.88. The Morgan fingerprint density at radius 1 is 1.09 bits per heavy atom. The maximum Gasteiger partial charge on any atom is 0.265 e. The van der Waals surface area contributed by atoms with E-state index in [1.807, 2.05) is 4.90 Å². The molecule has 35 heavy (non-hydrogen) atoms. The summed E-state index contributed by atoms with van der Waals surface area (Å²) in [5, 5.41) is 0. The second kappa shape index (κ2) is 11.3. The van der Waals surface area contributed by atoms with Gasteiger partial charge < -0.3 is 24.2 Å². The number of halogens is 1. The van der Waals surface area contributed by atoms with E-state index in [4.69, 9.17) is 9.47 Å². The van der Waals surface area contributed by atoms with E-state index in [-0.39, 0.29) is 36.6 Å². The van der Waals surface area contributed by atoms with E-state index < -0.39 is 5.82 Å². The number of piperazine rings is 1. The largest absolute Gasteiger partial charge is 0.485 e. The van der Waals surface area contributed by atoms with Crippen LogP contribution in [-0.4, -0.2) is 79.9 Å². The SMILES string of the molecule is CCN1CCN(C(=O)CCCN2C(=O)COc3ccc(C(=O)COc4cccc(F)c4)cc32)CC1. The molecule has 0 spiro atoms. The van der Waals surface area contributed by atoms with Crippen molar-refractivity contribution in [3.8, 4) is 11.5 Å². The summed E-state index contributed by atoms with van der Waals surface area (Å²) in [4.78, 5) is 43.7. The lowest BCUT2D eigenvalue weighted by atomic mass is 10.1. The number of rotatable bonds is 9. The van der Waals surface area contributed by atoms with Crippen molar-refractivity contribution < 1.29 is 28.2 Å². The van der Waals surface area contributed by atoms with Gasteiger partial charge in [0.2, 0.25) is 5.91 Å². The Labute approximate surface area is 204 Å². The molecule has 8 nitrogen and oxygen atoms in total. The van der Waals surface area contributed by atoms with E-state index in [1.165, 1.54) is 18.2 Å². The van der Waals surface area contributed by atoms with Gasteiger partial charge in [-0.2, -0.15) is 0 Å². The number of carbonyl (C=O) groups excluding carboxylic acids is 3. The summed E-state index contributed by atoms with van der Waals surface area (Å²) in [6.45, 7) is 6.34. The minimum absolute atomic E-state index is 0.0874. The summed E-state index contributed by atoms with van der Waals surface area (Å²) in [5.41, 5.74) is 0.857. The molecule has 0 unspecified atom stereocenters. The third-order valence-electron chi connectivity index (χ3n) is 6.33. The first-order chi connectivity index (χ1) is 16.9. The summed E-state index contributed by atoms with van der Waals surface area (Å²) in [6.07, 6.45) is 0.866. The van der Waals surface area contributed by atoms with Gasteiger partial charge >= 0.3 is 0 Å². The fraction of sp³-hybridized carbons (Fsp3) is 0.423. The number of ether oxygens (including phenoxy) is 2. The predicted molar refractivity (Wildman–Crippen MR) is 128 cm³/mol. The molecular formula is C26H30FN3O5. The van der Waals surface area contributed by atoms with Crippen LogP contribution >= 0.6 is 0 Å². The molecule has 2 heterocycles. The van der Waals surface area contributed by atoms with Gasteiger partial charge in [0.05, 0.1) is 5.69 Å². The van der Waals surface area contributed by atoms with Crippen molar-refractivity contribution in [3.63, 3.8) is 0 Å². The topological polar surface area (TPSA) is 79.4 Å². The summed E-state index contributed by atoms with van der Waals surface area (Å²) in [7, 11) is 0. The van der Waals surface area contributed by atoms with Crippen LogP contribution < -0.4 is 14.4 Å². The third-order valence-corrected chi connectivity index (χ3v) is 6.33. The van der Waals surface area contributed by atoms with Crippen LogP contribution in [0.2, 0.25) is 0 Å². The zero-order valence-corrected chi connectivity index (χ0v) is 19.9. The lowest BCUT2D eigenvalue weighted by molar-refractivity contribution is -0.133. The van der Waals surface area contributed by atoms with Crippen LogP contribution in [-0.2, 0) is 9.59 Å². The molecule has 1 saturated heterocycles. The third kappa shape index (κ3) is 6.16. The van der Waals surface area contributed by atoms with Crippen LogP contribution in [0.3, 0.4) is 0 Å². The van der Waals surface area contributed by atoms with Gasteiger partial charge in [-0.1, -0.05) is 13.0 Å². The van der Waals surface area contributed by atoms with Crippen molar-refractivity contribution in [1.82, 2.24) is 9.80 Å². The van der Waals surface area contributed by atoms with Crippen molar-refractivity contribution in [1.29, 1.82) is 0 Å². The molecule has 0 aromatic heterocycles. The van der Waals surface area contributed by atoms with Gasteiger partial charge in [-0.25, -0.2) is 4.39 Å². The maximum atomic E-state index is 13.3. The lowest BCUT2D eigenvalue weighted by Gasteiger charge is -2.34. The smallest absolute Gasteiger partial charge is 0.265 e. The minimum Gasteiger partial charge on any atom is -0.485 e. The second-order valence-corrected chi connectivity index (χ2v) is 8.60. The van der Waals surface area contributed by atoms with E-state index >= 15 is 0 Å². The Morgan fingerprint density at radius 3 is 2.63 bits per heavy atom. The molecule has 0 radical (unpaired) electrons. The number of Topliss-reactive ketones (excluding diaryl/α,β-unsaturated/α-hetero) is 1. The number of likely N-dealkylation sites (N-methyl/N-ethyl adjacent to an activating group) is 1. The maximum absolute atomic E-state index is 13.3. The molecule has 186 valence electrons. The molecule has 0 atom stereocenters. The highest BCUT2D eigenvalue weighted by Crippen LogP contribution is 2.33. The Hall–Kier alpha value is -3.46. The monoisotopic (exact) mass is 483 g/mol. The number of fused-ring (bicyclic) bond motifs is 1. The van der Waals surface area contributed by atoms with Crippen LogP contribution in [0.25, 0.3) is 0 Å². The molecule has 0 saturated carbocycles. The van der Waals surface area contributed by atoms with Crippen LogP contribution in [0.1, 0.15) is 30.1 Å². The van der Waals surface area contributed by atoms with Crippen LogP contribution in [0, 0.1) is 5.82 Å². The first-order valence-corrected chi connectivity index (χ1v) is 11.9. The fourth-order valence-electron chi connectivity index (χ4n) is 4.27. The zero-order valence-electron chi connectivity index (χ0n) is 19.9. The Balaban J connectivity index is 1.36. The van der Waals surface area contributed by atoms with Crippen molar-refractivity contribution in [2.75, 3.05) is 57.4 Å². The number of benzene rings is 2. The van der Waals surface area contributed by atoms with Gasteiger partial charge in [0.25, 0.3) is 5.91 Å². The lowest BCUT2D eigenvalue weighted by Crippen LogP contribution is -2.48. The molecule has 2 amide bonds. The van der Waals surface area contributed by atoms with E-state index in [0.29, 0.717) is 36.4 Å². The second-order valence-electron chi connectivity index (χ2n) is 8.60. The van der Waals surface area contributed by atoms with Gasteiger partial charge in [-0.05, 0) is 43.3 Å². The standard InChI is InChI=1S/C26H30FN3O5/c1-2-28-11-13-29(14-12-28)25(32)7-4-10-30-22-15-19(8-9-24(22)35-18-26(30)33)23(31)17-34-21-6-3-5-20(27)16-21/h3,5-6,8-9,15-16H,2,4,7,10-14,17-18H2,1H3. The average molecular weight is 484 g/mol. The number of anilines is 1. The quantitative estimate of drug-likeness (QED) is 0.511. The molecular weight excluding hydrogens is 453 g/mol. The molecule has 0 N–H and O–H groups in total. The summed E-state index contributed by atoms with van der Waals surface area (Å²) < 4.78 is 24.3. The van der Waals surface area contributed by atoms with Crippen LogP contribution in [0.5, 0.6) is 11.5 Å². The van der Waals surface area contributed by atoms with Gasteiger partial charge in [-0.15, -0.1) is 0 Å². The number of carbonyl (C=O) groups is 3. The molecule has 2 aliphatic rings. The van der Waals surface area contributed by atoms with Crippen molar-refractivity contribution >= 4 is 23.3 Å². The number of nitrogens with zero attached hydrogens (tertiary/aromatic N) is 3. The Kier molecular flexibility index (Phi) is 7.97. The molecule has 0 bridgehead atoms. The number of hydrogen-bond donors (Lipinski definition) is 0. The van der Waals surface area contributed by atoms with Crippen LogP contribution in [0.4, 0.5) is 10.1 Å². The molecule has 2 aliphatic heterocycles. The molecule has 0 aliphatic carbocycles. The molecule has 2 aromatic rings. The highest BCUT2D eigenvalue weighted by Gasteiger charge is 2.27. The highest BCUT2D eigenvalue weighted by molar-refractivity contribution is 6.02. The molecule has 2 aromatic carbocycles. The highest BCUT2D eigenvalue weighted by atomic mass is 19.1. The Morgan fingerprint density at radius 2 is 1.89 bits per heavy atom. The molecule has 1 fully saturated rings. The first kappa shape index (κ1) is 24.7. The van der Waals surface area contributed by atoms with Gasteiger partial charge in [-0.3, -0.25) is 14.4 Å². The van der Waals surface area contributed by atoms with Gasteiger partial charge in [0.1, 0.15) is 17.3 Å². The molecule has 9 heteroatoms. The zero-order chi connectivity index (χ0) is 24.8. The predicted octanol–water partition coefficient (Wildman–Crippen LogP) is 2.76. The van der Waals surface area contributed by atoms with E-state index in [9.17, 15) is 18.8 Å². The summed E-state index contributed by atoms with van der Waals surface area (Å²) >= 11 is 0. The van der Waals surface area contributed by atoms with Crippen LogP contribution in [0.15, 0.2) is 42.5 Å². The Bertz CT molecular complexity index is 1080. The molecule has 4 rings (SSSR count). The van der Waals surface area contributed by atoms with Crippen molar-refractivity contribution in [2.24, 2.45) is 0 Å². The normalized spacial score (nSPS) is 16.0. The number of amides is 2. The van der Waals surface area contributed by atoms with E-state index in [1.54, 1.807) is 29.2 Å².